The topological polar surface area (TPSA) is 117 Å². The van der Waals surface area contributed by atoms with Crippen molar-refractivity contribution in [3.63, 3.8) is 0 Å². The van der Waals surface area contributed by atoms with Crippen LogP contribution in [0.3, 0.4) is 0 Å². The summed E-state index contributed by atoms with van der Waals surface area (Å²) in [6.07, 6.45) is 1.98. The van der Waals surface area contributed by atoms with E-state index in [1.165, 1.54) is 0 Å². The first-order chi connectivity index (χ1) is 17.2. The van der Waals surface area contributed by atoms with Crippen LogP contribution in [0, 0.1) is 5.92 Å². The number of alkyl halides is 2. The second kappa shape index (κ2) is 9.12. The van der Waals surface area contributed by atoms with Gasteiger partial charge in [-0.15, -0.1) is 0 Å². The number of hydrogen-bond acceptors (Lipinski definition) is 7. The zero-order valence-electron chi connectivity index (χ0n) is 20.8. The maximum atomic E-state index is 14.2. The Morgan fingerprint density at radius 3 is 2.21 bits per heavy atom. The molecule has 0 aromatic carbocycles. The molecule has 1 saturated carbocycles. The molecule has 4 rings (SSSR count). The van der Waals surface area contributed by atoms with Crippen molar-refractivity contribution in [3.8, 4) is 0 Å². The SMILES string of the molecule is [B]C(F)(F)c1cc2cnc(NC3([B])C([B])([B])CN(S(C)(=O)=O)CC3([B])[B])nc2n([C@H]2CC[C@H](O)[C@@H]2C)c1=O. The van der Waals surface area contributed by atoms with Gasteiger partial charge in [-0.25, -0.2) is 26.5 Å². The number of piperidine rings is 1. The number of halogens is 2. The standard InChI is InChI=1S/C20H21B6F2N5O4S/c1-9-12(3-4-13(9)34)33-14-10(5-11(15(33)35)19(25,27)28)6-29-16(30-14)31-20(26)17(21,22)7-32(38(2,36)37)8-18(20,23)24/h5-6,9,12-13,34H,3-4,7-8H2,1-2H3,(H,29,30,31)/t9-,12+,13+/m1/s1. The lowest BCUT2D eigenvalue weighted by Gasteiger charge is -2.62. The maximum Gasteiger partial charge on any atom is 0.260 e. The highest BCUT2D eigenvalue weighted by molar-refractivity contribution is 7.88. The fraction of sp³-hybridized carbons (Fsp3) is 0.650. The molecule has 3 atom stereocenters. The van der Waals surface area contributed by atoms with Crippen molar-refractivity contribution < 1.29 is 22.3 Å². The highest BCUT2D eigenvalue weighted by Crippen LogP contribution is 2.51. The van der Waals surface area contributed by atoms with E-state index in [-0.39, 0.29) is 17.0 Å². The Morgan fingerprint density at radius 2 is 1.74 bits per heavy atom. The van der Waals surface area contributed by atoms with Crippen LogP contribution in [-0.2, 0) is 15.8 Å². The number of aromatic nitrogens is 3. The van der Waals surface area contributed by atoms with Crippen molar-refractivity contribution in [2.45, 2.75) is 53.6 Å². The van der Waals surface area contributed by atoms with E-state index in [9.17, 15) is 27.1 Å². The lowest BCUT2D eigenvalue weighted by molar-refractivity contribution is 0.0913. The van der Waals surface area contributed by atoms with Crippen molar-refractivity contribution in [1.29, 1.82) is 0 Å². The van der Waals surface area contributed by atoms with Gasteiger partial charge >= 0.3 is 0 Å². The second-order valence-electron chi connectivity index (χ2n) is 10.4. The Kier molecular flexibility index (Phi) is 7.01. The monoisotopic (exact) mass is 531 g/mol. The van der Waals surface area contributed by atoms with E-state index >= 15 is 0 Å². The summed E-state index contributed by atoms with van der Waals surface area (Å²) in [5, 5.41) is 8.92. The number of sulfonamides is 1. The Labute approximate surface area is 227 Å². The van der Waals surface area contributed by atoms with Crippen LogP contribution in [0.1, 0.15) is 31.4 Å². The van der Waals surface area contributed by atoms with Crippen LogP contribution in [0.5, 0.6) is 0 Å². The van der Waals surface area contributed by atoms with Crippen LogP contribution < -0.4 is 10.9 Å². The second-order valence-corrected chi connectivity index (χ2v) is 12.4. The molecule has 2 aromatic heterocycles. The summed E-state index contributed by atoms with van der Waals surface area (Å²) in [6.45, 7) is 0.763. The fourth-order valence-electron chi connectivity index (χ4n) is 5.18. The van der Waals surface area contributed by atoms with E-state index in [2.05, 4.69) is 15.3 Å². The molecule has 0 unspecified atom stereocenters. The smallest absolute Gasteiger partial charge is 0.260 e. The highest BCUT2D eigenvalue weighted by Gasteiger charge is 2.55. The van der Waals surface area contributed by atoms with Crippen molar-refractivity contribution in [1.82, 2.24) is 18.8 Å². The number of nitrogens with zero attached hydrogens (tertiary/aromatic N) is 4. The lowest BCUT2D eigenvalue weighted by atomic mass is 9.25. The summed E-state index contributed by atoms with van der Waals surface area (Å²) >= 11 is 0. The van der Waals surface area contributed by atoms with E-state index < -0.39 is 74.0 Å². The average Bonchev–Trinajstić information content (AvgIpc) is 3.08. The van der Waals surface area contributed by atoms with Gasteiger partial charge in [-0.3, -0.25) is 9.36 Å². The predicted octanol–water partition coefficient (Wildman–Crippen LogP) is -1.20. The molecule has 1 aliphatic carbocycles. The number of fused-ring (bicyclic) bond motifs is 1. The number of nitrogens with one attached hydrogen (secondary N) is 1. The van der Waals surface area contributed by atoms with Gasteiger partial charge in [-0.2, -0.15) is 4.98 Å². The molecule has 3 heterocycles. The summed E-state index contributed by atoms with van der Waals surface area (Å²) in [7, 11) is 32.6. The summed E-state index contributed by atoms with van der Waals surface area (Å²) in [6, 6.07) is 0.212. The third-order valence-electron chi connectivity index (χ3n) is 7.56. The molecular formula is C20H21B6F2N5O4S. The van der Waals surface area contributed by atoms with Gasteiger partial charge in [0.2, 0.25) is 21.8 Å². The van der Waals surface area contributed by atoms with Crippen LogP contribution in [0.15, 0.2) is 17.1 Å². The number of rotatable bonds is 5. The van der Waals surface area contributed by atoms with Crippen molar-refractivity contribution in [3.05, 3.63) is 28.2 Å². The number of hydrogen-bond donors (Lipinski definition) is 2. The fourth-order valence-corrected chi connectivity index (χ4v) is 6.08. The van der Waals surface area contributed by atoms with E-state index in [1.807, 2.05) is 0 Å². The van der Waals surface area contributed by atoms with Crippen LogP contribution >= 0.6 is 0 Å². The molecule has 2 aromatic rings. The van der Waals surface area contributed by atoms with Gasteiger partial charge in [0.05, 0.1) is 49.3 Å². The Balaban J connectivity index is 1.86. The van der Waals surface area contributed by atoms with Crippen molar-refractivity contribution >= 4 is 74.1 Å². The minimum Gasteiger partial charge on any atom is -0.393 e. The zero-order valence-corrected chi connectivity index (χ0v) is 21.6. The largest absolute Gasteiger partial charge is 0.393 e. The van der Waals surface area contributed by atoms with Crippen molar-refractivity contribution in [2.24, 2.45) is 5.92 Å². The third-order valence-corrected chi connectivity index (χ3v) is 8.75. The zero-order chi connectivity index (χ0) is 28.6. The molecule has 12 radical (unpaired) electrons. The number of anilines is 1. The van der Waals surface area contributed by atoms with Gasteiger partial charge in [-0.1, -0.05) is 17.4 Å². The molecule has 188 valence electrons. The van der Waals surface area contributed by atoms with Gasteiger partial charge < -0.3 is 10.4 Å². The average molecular weight is 530 g/mol. The minimum atomic E-state index is -3.95. The Bertz CT molecular complexity index is 1420. The minimum absolute atomic E-state index is 0.0529. The first kappa shape index (κ1) is 29.2. The molecule has 2 N–H and O–H groups in total. The molecule has 0 bridgehead atoms. The summed E-state index contributed by atoms with van der Waals surface area (Å²) in [5.74, 6) is -4.68. The Morgan fingerprint density at radius 1 is 1.16 bits per heavy atom. The van der Waals surface area contributed by atoms with E-state index in [1.54, 1.807) is 6.92 Å². The highest BCUT2D eigenvalue weighted by atomic mass is 32.2. The normalized spacial score (nSPS) is 27.3. The van der Waals surface area contributed by atoms with Crippen LogP contribution in [0.25, 0.3) is 11.0 Å². The van der Waals surface area contributed by atoms with Gasteiger partial charge in [-0.05, 0) is 24.3 Å². The van der Waals surface area contributed by atoms with E-state index in [0.717, 1.165) is 27.4 Å². The number of pyridine rings is 1. The molecule has 0 amide bonds. The van der Waals surface area contributed by atoms with Crippen LogP contribution in [0.4, 0.5) is 14.7 Å². The maximum absolute atomic E-state index is 14.2. The van der Waals surface area contributed by atoms with Gasteiger partial charge in [0, 0.05) is 36.6 Å². The lowest BCUT2D eigenvalue weighted by Crippen LogP contribution is -2.69. The molecule has 1 aliphatic heterocycles. The van der Waals surface area contributed by atoms with E-state index in [4.69, 9.17) is 47.1 Å². The quantitative estimate of drug-likeness (QED) is 0.467. The first-order valence-corrected chi connectivity index (χ1v) is 13.5. The molecular weight excluding hydrogens is 509 g/mol. The molecule has 1 saturated heterocycles. The Hall–Kier alpha value is -1.79. The molecule has 2 fully saturated rings. The number of aliphatic hydroxyl groups excluding tert-OH is 1. The molecule has 0 spiro atoms. The molecule has 38 heavy (non-hydrogen) atoms. The predicted molar refractivity (Wildman–Crippen MR) is 144 cm³/mol. The first-order valence-electron chi connectivity index (χ1n) is 11.6. The van der Waals surface area contributed by atoms with Gasteiger partial charge in [0.1, 0.15) is 13.5 Å². The van der Waals surface area contributed by atoms with Crippen molar-refractivity contribution in [2.75, 3.05) is 24.7 Å². The van der Waals surface area contributed by atoms with Gasteiger partial charge in [0.15, 0.2) is 7.85 Å². The van der Waals surface area contributed by atoms with E-state index in [0.29, 0.717) is 12.8 Å². The van der Waals surface area contributed by atoms with Crippen LogP contribution in [-0.4, -0.2) is 110 Å². The summed E-state index contributed by atoms with van der Waals surface area (Å²) in [4.78, 5) is 21.7. The summed E-state index contributed by atoms with van der Waals surface area (Å²) < 4.78 is 54.5. The number of aliphatic hydroxyl groups is 1. The van der Waals surface area contributed by atoms with Gasteiger partial charge in [0.25, 0.3) is 5.56 Å². The third kappa shape index (κ3) is 4.74. The van der Waals surface area contributed by atoms with Crippen LogP contribution in [0.2, 0.25) is 10.4 Å². The molecule has 2 aliphatic rings. The molecule has 9 nitrogen and oxygen atoms in total. The summed E-state index contributed by atoms with van der Waals surface area (Å²) in [5.41, 5.74) is -4.19. The molecule has 18 heteroatoms.